The van der Waals surface area contributed by atoms with E-state index in [1.165, 1.54) is 41.5 Å². The molecule has 1 saturated carbocycles. The van der Waals surface area contributed by atoms with E-state index in [0.717, 1.165) is 12.8 Å². The van der Waals surface area contributed by atoms with Gasteiger partial charge < -0.3 is 5.32 Å². The zero-order valence-corrected chi connectivity index (χ0v) is 11.8. The highest BCUT2D eigenvalue weighted by Gasteiger charge is 2.27. The minimum absolute atomic E-state index is 0.384. The second-order valence-electron chi connectivity index (χ2n) is 6.13. The summed E-state index contributed by atoms with van der Waals surface area (Å²) in [5, 5.41) is 3.91. The van der Waals surface area contributed by atoms with Gasteiger partial charge in [-0.3, -0.25) is 0 Å². The highest BCUT2D eigenvalue weighted by molar-refractivity contribution is 5.44. The molecule has 2 aromatic rings. The summed E-state index contributed by atoms with van der Waals surface area (Å²) in [4.78, 5) is 0. The van der Waals surface area contributed by atoms with E-state index in [-0.39, 0.29) is 0 Å². The monoisotopic (exact) mass is 263 g/mol. The fourth-order valence-corrected chi connectivity index (χ4v) is 3.51. The van der Waals surface area contributed by atoms with Gasteiger partial charge in [-0.1, -0.05) is 55.0 Å². The van der Waals surface area contributed by atoms with Crippen LogP contribution in [0.25, 0.3) is 0 Å². The summed E-state index contributed by atoms with van der Waals surface area (Å²) in [7, 11) is 0. The van der Waals surface area contributed by atoms with Gasteiger partial charge in [0.05, 0.1) is 6.04 Å². The fraction of sp³-hybridized carbons (Fsp3) is 0.368. The van der Waals surface area contributed by atoms with Gasteiger partial charge in [-0.2, -0.15) is 0 Å². The number of fused-ring (bicyclic) bond motifs is 2. The Morgan fingerprint density at radius 3 is 1.80 bits per heavy atom. The Morgan fingerprint density at radius 1 is 0.750 bits per heavy atom. The van der Waals surface area contributed by atoms with Crippen molar-refractivity contribution in [3.05, 3.63) is 70.8 Å². The van der Waals surface area contributed by atoms with Crippen LogP contribution in [0, 0.1) is 0 Å². The molecule has 0 aliphatic heterocycles. The van der Waals surface area contributed by atoms with Crippen molar-refractivity contribution in [2.75, 3.05) is 0 Å². The number of benzene rings is 2. The van der Waals surface area contributed by atoms with Crippen molar-refractivity contribution in [3.63, 3.8) is 0 Å². The fourth-order valence-electron chi connectivity index (χ4n) is 3.51. The quantitative estimate of drug-likeness (QED) is 0.863. The van der Waals surface area contributed by atoms with Gasteiger partial charge in [0.15, 0.2) is 0 Å². The Labute approximate surface area is 121 Å². The van der Waals surface area contributed by atoms with Crippen LogP contribution in [0.1, 0.15) is 47.6 Å². The molecule has 0 radical (unpaired) electrons. The van der Waals surface area contributed by atoms with Gasteiger partial charge >= 0.3 is 0 Å². The van der Waals surface area contributed by atoms with Crippen LogP contribution in [0.5, 0.6) is 0 Å². The smallest absolute Gasteiger partial charge is 0.0584 e. The highest BCUT2D eigenvalue weighted by atomic mass is 15.0. The standard InChI is InChI=1S/C19H21N/c1-3-10-17-14(6-1)12-13-15-7-2-4-11-18(15)19(17)20-16-8-5-9-16/h1-4,6-7,10-11,16,19-20H,5,8-9,12-13H2. The Hall–Kier alpha value is -1.60. The number of hydrogen-bond acceptors (Lipinski definition) is 1. The molecule has 102 valence electrons. The summed E-state index contributed by atoms with van der Waals surface area (Å²) in [5.41, 5.74) is 6.01. The molecule has 2 aromatic carbocycles. The summed E-state index contributed by atoms with van der Waals surface area (Å²) in [6.07, 6.45) is 6.38. The van der Waals surface area contributed by atoms with Gasteiger partial charge in [0.1, 0.15) is 0 Å². The van der Waals surface area contributed by atoms with Crippen molar-refractivity contribution in [1.82, 2.24) is 5.32 Å². The lowest BCUT2D eigenvalue weighted by Crippen LogP contribution is -2.38. The van der Waals surface area contributed by atoms with Crippen LogP contribution in [0.15, 0.2) is 48.5 Å². The first-order valence-corrected chi connectivity index (χ1v) is 7.83. The van der Waals surface area contributed by atoms with Gasteiger partial charge in [0, 0.05) is 6.04 Å². The number of rotatable bonds is 2. The van der Waals surface area contributed by atoms with Gasteiger partial charge in [-0.25, -0.2) is 0 Å². The van der Waals surface area contributed by atoms with E-state index < -0.39 is 0 Å². The Morgan fingerprint density at radius 2 is 1.30 bits per heavy atom. The molecule has 0 spiro atoms. The molecule has 0 bridgehead atoms. The van der Waals surface area contributed by atoms with E-state index in [4.69, 9.17) is 0 Å². The summed E-state index contributed by atoms with van der Waals surface area (Å²) in [6.45, 7) is 0. The summed E-state index contributed by atoms with van der Waals surface area (Å²) < 4.78 is 0. The molecule has 0 atom stereocenters. The molecular weight excluding hydrogens is 242 g/mol. The number of hydrogen-bond donors (Lipinski definition) is 1. The molecule has 1 N–H and O–H groups in total. The number of aryl methyl sites for hydroxylation is 2. The van der Waals surface area contributed by atoms with Gasteiger partial charge in [0.2, 0.25) is 0 Å². The minimum Gasteiger partial charge on any atom is -0.303 e. The summed E-state index contributed by atoms with van der Waals surface area (Å²) in [6, 6.07) is 19.0. The van der Waals surface area contributed by atoms with E-state index in [1.807, 2.05) is 0 Å². The van der Waals surface area contributed by atoms with Gasteiger partial charge in [0.25, 0.3) is 0 Å². The number of nitrogens with one attached hydrogen (secondary N) is 1. The molecule has 1 fully saturated rings. The van der Waals surface area contributed by atoms with Crippen LogP contribution in [-0.4, -0.2) is 6.04 Å². The molecule has 1 heteroatoms. The third-order valence-electron chi connectivity index (χ3n) is 4.90. The van der Waals surface area contributed by atoms with Crippen LogP contribution in [0.2, 0.25) is 0 Å². The first-order valence-electron chi connectivity index (χ1n) is 7.83. The zero-order chi connectivity index (χ0) is 13.4. The molecule has 1 nitrogen and oxygen atoms in total. The third kappa shape index (κ3) is 2.06. The van der Waals surface area contributed by atoms with Crippen molar-refractivity contribution < 1.29 is 0 Å². The van der Waals surface area contributed by atoms with E-state index in [0.29, 0.717) is 12.1 Å². The summed E-state index contributed by atoms with van der Waals surface area (Å²) in [5.74, 6) is 0. The zero-order valence-electron chi connectivity index (χ0n) is 11.8. The van der Waals surface area contributed by atoms with Crippen LogP contribution in [-0.2, 0) is 12.8 Å². The minimum atomic E-state index is 0.384. The normalized spacial score (nSPS) is 18.8. The lowest BCUT2D eigenvalue weighted by Gasteiger charge is -2.33. The lowest BCUT2D eigenvalue weighted by atomic mass is 9.88. The maximum Gasteiger partial charge on any atom is 0.0584 e. The molecule has 4 rings (SSSR count). The molecule has 0 saturated heterocycles. The van der Waals surface area contributed by atoms with Crippen molar-refractivity contribution in [3.8, 4) is 0 Å². The topological polar surface area (TPSA) is 12.0 Å². The molecule has 0 heterocycles. The van der Waals surface area contributed by atoms with Gasteiger partial charge in [-0.15, -0.1) is 0 Å². The van der Waals surface area contributed by atoms with Crippen LogP contribution >= 0.6 is 0 Å². The molecule has 20 heavy (non-hydrogen) atoms. The lowest BCUT2D eigenvalue weighted by molar-refractivity contribution is 0.320. The molecular formula is C19H21N. The Bertz CT molecular complexity index is 565. The van der Waals surface area contributed by atoms with E-state index in [2.05, 4.69) is 53.8 Å². The summed E-state index contributed by atoms with van der Waals surface area (Å²) >= 11 is 0. The predicted molar refractivity (Wildman–Crippen MR) is 82.9 cm³/mol. The average Bonchev–Trinajstić information content (AvgIpc) is 2.60. The second-order valence-corrected chi connectivity index (χ2v) is 6.13. The van der Waals surface area contributed by atoms with Crippen molar-refractivity contribution >= 4 is 0 Å². The van der Waals surface area contributed by atoms with E-state index >= 15 is 0 Å². The molecule has 0 unspecified atom stereocenters. The predicted octanol–water partition coefficient (Wildman–Crippen LogP) is 4.02. The highest BCUT2D eigenvalue weighted by Crippen LogP contribution is 2.34. The van der Waals surface area contributed by atoms with Crippen molar-refractivity contribution in [2.24, 2.45) is 0 Å². The van der Waals surface area contributed by atoms with Crippen LogP contribution in [0.4, 0.5) is 0 Å². The largest absolute Gasteiger partial charge is 0.303 e. The van der Waals surface area contributed by atoms with Crippen molar-refractivity contribution in [1.29, 1.82) is 0 Å². The SMILES string of the molecule is c1ccc2c(c1)CCc1ccccc1C2NC1CCC1. The molecule has 0 aromatic heterocycles. The molecule has 0 amide bonds. The molecule has 2 aliphatic carbocycles. The first kappa shape index (κ1) is 12.2. The van der Waals surface area contributed by atoms with E-state index in [9.17, 15) is 0 Å². The average molecular weight is 263 g/mol. The maximum absolute atomic E-state index is 3.91. The Kier molecular flexibility index (Phi) is 3.08. The molecule has 2 aliphatic rings. The van der Waals surface area contributed by atoms with Crippen molar-refractivity contribution in [2.45, 2.75) is 44.2 Å². The second kappa shape index (κ2) is 5.06. The Balaban J connectivity index is 1.80. The first-order chi connectivity index (χ1) is 9.92. The van der Waals surface area contributed by atoms with E-state index in [1.54, 1.807) is 0 Å². The van der Waals surface area contributed by atoms with Crippen LogP contribution < -0.4 is 5.32 Å². The maximum atomic E-state index is 3.91. The van der Waals surface area contributed by atoms with Gasteiger partial charge in [-0.05, 0) is 47.9 Å². The third-order valence-corrected chi connectivity index (χ3v) is 4.90. The van der Waals surface area contributed by atoms with Crippen LogP contribution in [0.3, 0.4) is 0 Å².